The molecule has 0 radical (unpaired) electrons. The Kier molecular flexibility index (Phi) is 3.87. The highest BCUT2D eigenvalue weighted by molar-refractivity contribution is 4.79. The summed E-state index contributed by atoms with van der Waals surface area (Å²) in [6.07, 6.45) is 2.95. The van der Waals surface area contributed by atoms with Crippen molar-refractivity contribution in [1.29, 1.82) is 0 Å². The van der Waals surface area contributed by atoms with Crippen LogP contribution in [0.4, 0.5) is 0 Å². The molecule has 0 aliphatic carbocycles. The predicted molar refractivity (Wildman–Crippen MR) is 46.8 cm³/mol. The van der Waals surface area contributed by atoms with Crippen molar-refractivity contribution in [1.82, 2.24) is 4.90 Å². The number of rotatable bonds is 5. The third-order valence-electron chi connectivity index (χ3n) is 2.02. The lowest BCUT2D eigenvalue weighted by Crippen LogP contribution is -2.52. The molecule has 0 amide bonds. The van der Waals surface area contributed by atoms with Gasteiger partial charge < -0.3 is 4.74 Å². The highest BCUT2D eigenvalue weighted by atomic mass is 16.5. The lowest BCUT2D eigenvalue weighted by molar-refractivity contribution is -0.0536. The minimum absolute atomic E-state index is 0.543. The summed E-state index contributed by atoms with van der Waals surface area (Å²) in [5.74, 6) is 0. The first-order valence-corrected chi connectivity index (χ1v) is 4.70. The molecule has 0 bridgehead atoms. The third kappa shape index (κ3) is 2.80. The van der Waals surface area contributed by atoms with Gasteiger partial charge in [0.05, 0.1) is 6.10 Å². The zero-order chi connectivity index (χ0) is 8.10. The van der Waals surface area contributed by atoms with Gasteiger partial charge >= 0.3 is 0 Å². The zero-order valence-corrected chi connectivity index (χ0v) is 7.68. The van der Waals surface area contributed by atoms with Gasteiger partial charge in [-0.25, -0.2) is 0 Å². The number of ether oxygens (including phenoxy) is 1. The quantitative estimate of drug-likeness (QED) is 0.599. The number of likely N-dealkylation sites (tertiary alicyclic amines) is 1. The van der Waals surface area contributed by atoms with Crippen LogP contribution >= 0.6 is 0 Å². The molecule has 0 spiro atoms. The van der Waals surface area contributed by atoms with Crippen molar-refractivity contribution in [3.63, 3.8) is 0 Å². The summed E-state index contributed by atoms with van der Waals surface area (Å²) in [6, 6.07) is 0. The Morgan fingerprint density at radius 1 is 1.27 bits per heavy atom. The first-order chi connectivity index (χ1) is 5.36. The second-order valence-electron chi connectivity index (χ2n) is 3.25. The van der Waals surface area contributed by atoms with E-state index in [1.54, 1.807) is 0 Å². The van der Waals surface area contributed by atoms with Crippen LogP contribution in [-0.2, 0) is 4.74 Å². The van der Waals surface area contributed by atoms with E-state index in [-0.39, 0.29) is 0 Å². The van der Waals surface area contributed by atoms with E-state index in [1.807, 2.05) is 0 Å². The van der Waals surface area contributed by atoms with Gasteiger partial charge in [-0.3, -0.25) is 4.90 Å². The number of hydrogen-bond acceptors (Lipinski definition) is 2. The first-order valence-electron chi connectivity index (χ1n) is 4.70. The molecule has 1 aliphatic heterocycles. The average molecular weight is 157 g/mol. The lowest BCUT2D eigenvalue weighted by atomic mass is 10.1. The Morgan fingerprint density at radius 3 is 2.55 bits per heavy atom. The fourth-order valence-electron chi connectivity index (χ4n) is 1.41. The fraction of sp³-hybridized carbons (Fsp3) is 1.00. The van der Waals surface area contributed by atoms with Crippen LogP contribution in [0.3, 0.4) is 0 Å². The summed E-state index contributed by atoms with van der Waals surface area (Å²) < 4.78 is 5.56. The molecule has 11 heavy (non-hydrogen) atoms. The Morgan fingerprint density at radius 2 is 2.00 bits per heavy atom. The molecule has 0 unspecified atom stereocenters. The second kappa shape index (κ2) is 4.73. The Labute approximate surface area is 69.5 Å². The van der Waals surface area contributed by atoms with E-state index in [0.717, 1.165) is 26.1 Å². The van der Waals surface area contributed by atoms with Gasteiger partial charge in [0.15, 0.2) is 0 Å². The molecule has 0 aromatic carbocycles. The average Bonchev–Trinajstić information content (AvgIpc) is 1.94. The normalized spacial score (nSPS) is 20.2. The minimum Gasteiger partial charge on any atom is -0.376 e. The van der Waals surface area contributed by atoms with Crippen molar-refractivity contribution in [2.45, 2.75) is 32.8 Å². The summed E-state index contributed by atoms with van der Waals surface area (Å²) >= 11 is 0. The van der Waals surface area contributed by atoms with E-state index >= 15 is 0 Å². The molecule has 1 rings (SSSR count). The molecule has 2 nitrogen and oxygen atoms in total. The summed E-state index contributed by atoms with van der Waals surface area (Å²) in [7, 11) is 0. The number of hydrogen-bond donors (Lipinski definition) is 0. The molecule has 66 valence electrons. The zero-order valence-electron chi connectivity index (χ0n) is 7.68. The van der Waals surface area contributed by atoms with E-state index in [0.29, 0.717) is 6.10 Å². The standard InChI is InChI=1S/C9H19NO/c1-3-5-10-7-9(8-10)11-6-4-2/h9H,3-8H2,1-2H3. The van der Waals surface area contributed by atoms with Crippen LogP contribution in [0.25, 0.3) is 0 Å². The van der Waals surface area contributed by atoms with E-state index in [1.165, 1.54) is 13.0 Å². The minimum atomic E-state index is 0.543. The largest absolute Gasteiger partial charge is 0.376 e. The van der Waals surface area contributed by atoms with Crippen molar-refractivity contribution in [2.24, 2.45) is 0 Å². The number of nitrogens with zero attached hydrogens (tertiary/aromatic N) is 1. The Bertz CT molecular complexity index is 99.7. The van der Waals surface area contributed by atoms with Crippen molar-refractivity contribution in [3.8, 4) is 0 Å². The summed E-state index contributed by atoms with van der Waals surface area (Å²) in [5.41, 5.74) is 0. The molecular formula is C9H19NO. The molecule has 0 aromatic rings. The Hall–Kier alpha value is -0.0800. The molecular weight excluding hydrogens is 138 g/mol. The molecule has 2 heteroatoms. The van der Waals surface area contributed by atoms with Gasteiger partial charge in [0.1, 0.15) is 0 Å². The van der Waals surface area contributed by atoms with Crippen molar-refractivity contribution < 1.29 is 4.74 Å². The van der Waals surface area contributed by atoms with Crippen LogP contribution < -0.4 is 0 Å². The summed E-state index contributed by atoms with van der Waals surface area (Å²) in [5, 5.41) is 0. The smallest absolute Gasteiger partial charge is 0.0828 e. The van der Waals surface area contributed by atoms with Crippen molar-refractivity contribution in [3.05, 3.63) is 0 Å². The fourth-order valence-corrected chi connectivity index (χ4v) is 1.41. The summed E-state index contributed by atoms with van der Waals surface area (Å²) in [4.78, 5) is 2.44. The predicted octanol–water partition coefficient (Wildman–Crippen LogP) is 1.51. The van der Waals surface area contributed by atoms with Crippen LogP contribution in [0, 0.1) is 0 Å². The maximum Gasteiger partial charge on any atom is 0.0828 e. The third-order valence-corrected chi connectivity index (χ3v) is 2.02. The van der Waals surface area contributed by atoms with E-state index in [2.05, 4.69) is 18.7 Å². The Balaban J connectivity index is 1.92. The lowest BCUT2D eigenvalue weighted by Gasteiger charge is -2.38. The topological polar surface area (TPSA) is 12.5 Å². The van der Waals surface area contributed by atoms with Crippen LogP contribution in [0.1, 0.15) is 26.7 Å². The highest BCUT2D eigenvalue weighted by Crippen LogP contribution is 2.11. The van der Waals surface area contributed by atoms with E-state index in [4.69, 9.17) is 4.74 Å². The van der Waals surface area contributed by atoms with Crippen molar-refractivity contribution in [2.75, 3.05) is 26.2 Å². The first kappa shape index (κ1) is 9.01. The molecule has 0 N–H and O–H groups in total. The van der Waals surface area contributed by atoms with Crippen LogP contribution in [0.15, 0.2) is 0 Å². The van der Waals surface area contributed by atoms with E-state index in [9.17, 15) is 0 Å². The van der Waals surface area contributed by atoms with Crippen LogP contribution in [0.2, 0.25) is 0 Å². The SMILES string of the molecule is CCCOC1CN(CCC)C1. The molecule has 1 saturated heterocycles. The summed E-state index contributed by atoms with van der Waals surface area (Å²) in [6.45, 7) is 8.88. The van der Waals surface area contributed by atoms with Gasteiger partial charge in [-0.05, 0) is 19.4 Å². The van der Waals surface area contributed by atoms with Crippen molar-refractivity contribution >= 4 is 0 Å². The van der Waals surface area contributed by atoms with Gasteiger partial charge in [-0.2, -0.15) is 0 Å². The maximum absolute atomic E-state index is 5.56. The highest BCUT2D eigenvalue weighted by Gasteiger charge is 2.25. The van der Waals surface area contributed by atoms with Gasteiger partial charge in [0.25, 0.3) is 0 Å². The van der Waals surface area contributed by atoms with Crippen LogP contribution in [-0.4, -0.2) is 37.2 Å². The molecule has 0 atom stereocenters. The molecule has 0 saturated carbocycles. The van der Waals surface area contributed by atoms with Gasteiger partial charge in [0, 0.05) is 19.7 Å². The molecule has 1 aliphatic rings. The molecule has 0 aromatic heterocycles. The molecule has 1 heterocycles. The van der Waals surface area contributed by atoms with Gasteiger partial charge in [-0.1, -0.05) is 13.8 Å². The van der Waals surface area contributed by atoms with Gasteiger partial charge in [-0.15, -0.1) is 0 Å². The monoisotopic (exact) mass is 157 g/mol. The maximum atomic E-state index is 5.56. The molecule has 1 fully saturated rings. The van der Waals surface area contributed by atoms with E-state index < -0.39 is 0 Å². The van der Waals surface area contributed by atoms with Gasteiger partial charge in [0.2, 0.25) is 0 Å². The van der Waals surface area contributed by atoms with Crippen LogP contribution in [0.5, 0.6) is 0 Å². The second-order valence-corrected chi connectivity index (χ2v) is 3.25.